The number of benzene rings is 1. The highest BCUT2D eigenvalue weighted by atomic mass is 32.1. The van der Waals surface area contributed by atoms with Crippen molar-refractivity contribution in [2.24, 2.45) is 0 Å². The van der Waals surface area contributed by atoms with Gasteiger partial charge in [-0.3, -0.25) is 14.5 Å². The van der Waals surface area contributed by atoms with E-state index in [1.807, 2.05) is 5.38 Å². The molecule has 0 aliphatic heterocycles. The van der Waals surface area contributed by atoms with Gasteiger partial charge in [0.05, 0.1) is 12.8 Å². The molecular formula is C22H27F2NO8S. The number of aliphatic hydroxyl groups is 2. The van der Waals surface area contributed by atoms with Crippen LogP contribution in [0.15, 0.2) is 29.6 Å². The lowest BCUT2D eigenvalue weighted by Gasteiger charge is -2.22. The van der Waals surface area contributed by atoms with Crippen LogP contribution in [0.4, 0.5) is 8.78 Å². The van der Waals surface area contributed by atoms with Crippen LogP contribution >= 0.6 is 11.3 Å². The number of halogens is 2. The van der Waals surface area contributed by atoms with Crippen LogP contribution in [-0.2, 0) is 27.5 Å². The number of rotatable bonds is 12. The zero-order valence-corrected chi connectivity index (χ0v) is 19.2. The molecule has 0 atom stereocenters. The van der Waals surface area contributed by atoms with Crippen molar-refractivity contribution < 1.29 is 48.7 Å². The fourth-order valence-corrected chi connectivity index (χ4v) is 3.84. The molecular weight excluding hydrogens is 476 g/mol. The average Bonchev–Trinajstić information content (AvgIpc) is 3.12. The van der Waals surface area contributed by atoms with Crippen molar-refractivity contribution >= 4 is 29.2 Å². The number of hydrogen-bond donors (Lipinski definition) is 5. The second-order valence-corrected chi connectivity index (χ2v) is 8.54. The lowest BCUT2D eigenvalue weighted by molar-refractivity contribution is -0.170. The van der Waals surface area contributed by atoms with Gasteiger partial charge in [-0.05, 0) is 48.1 Å². The van der Waals surface area contributed by atoms with Gasteiger partial charge in [0.15, 0.2) is 17.2 Å². The quantitative estimate of drug-likeness (QED) is 0.294. The summed E-state index contributed by atoms with van der Waals surface area (Å²) in [5, 5.41) is 44.9. The number of aliphatic hydroxyl groups excluding tert-OH is 1. The van der Waals surface area contributed by atoms with Crippen LogP contribution in [0.25, 0.3) is 0 Å². The third-order valence-corrected chi connectivity index (χ3v) is 5.65. The van der Waals surface area contributed by atoms with Gasteiger partial charge in [0.1, 0.15) is 0 Å². The molecule has 0 amide bonds. The second-order valence-electron chi connectivity index (χ2n) is 7.54. The minimum Gasteiger partial charge on any atom is -0.481 e. The average molecular weight is 504 g/mol. The van der Waals surface area contributed by atoms with Crippen molar-refractivity contribution in [3.05, 3.63) is 57.3 Å². The molecule has 0 bridgehead atoms. The fraction of sp³-hybridized carbons (Fsp3) is 0.409. The summed E-state index contributed by atoms with van der Waals surface area (Å²) in [4.78, 5) is 33.9. The molecule has 1 aromatic carbocycles. The number of aryl methyl sites for hydroxylation is 1. The highest BCUT2D eigenvalue weighted by molar-refractivity contribution is 7.10. The van der Waals surface area contributed by atoms with Gasteiger partial charge in [-0.1, -0.05) is 6.07 Å². The lowest BCUT2D eigenvalue weighted by atomic mass is 9.96. The van der Waals surface area contributed by atoms with Gasteiger partial charge >= 0.3 is 17.9 Å². The molecule has 0 aliphatic rings. The Bertz CT molecular complexity index is 966. The largest absolute Gasteiger partial charge is 0.481 e. The standard InChI is InChI=1S/C16H19F2NOS.C6H8O7/c1-12-5-8-21-16(12)11-19(6-2-7-20)10-13-3-4-14(17)15(18)9-13;7-3(8)1-6(13,5(11)12)2-4(9)10/h3-5,8-9,20H,2,6-7,10-11H2,1H3;13H,1-2H2,(H,7,8)(H,9,10)(H,11,12). The summed E-state index contributed by atoms with van der Waals surface area (Å²) in [5.41, 5.74) is -0.766. The smallest absolute Gasteiger partial charge is 0.336 e. The van der Waals surface area contributed by atoms with E-state index in [0.717, 1.165) is 18.2 Å². The Hall–Kier alpha value is -2.93. The van der Waals surface area contributed by atoms with Gasteiger partial charge in [-0.15, -0.1) is 11.3 Å². The summed E-state index contributed by atoms with van der Waals surface area (Å²) in [6.07, 6.45) is -1.63. The zero-order chi connectivity index (χ0) is 25.9. The molecule has 34 heavy (non-hydrogen) atoms. The van der Waals surface area contributed by atoms with Crippen molar-refractivity contribution in [2.45, 2.75) is 44.9 Å². The highest BCUT2D eigenvalue weighted by Gasteiger charge is 2.40. The van der Waals surface area contributed by atoms with E-state index in [9.17, 15) is 23.2 Å². The minimum atomic E-state index is -2.74. The molecule has 1 aromatic heterocycles. The van der Waals surface area contributed by atoms with E-state index in [0.29, 0.717) is 19.5 Å². The van der Waals surface area contributed by atoms with Gasteiger partial charge in [-0.2, -0.15) is 0 Å². The first-order valence-corrected chi connectivity index (χ1v) is 11.0. The Morgan fingerprint density at radius 3 is 2.06 bits per heavy atom. The molecule has 0 saturated carbocycles. The van der Waals surface area contributed by atoms with Crippen molar-refractivity contribution in [3.8, 4) is 0 Å². The molecule has 188 valence electrons. The molecule has 1 heterocycles. The summed E-state index contributed by atoms with van der Waals surface area (Å²) < 4.78 is 26.3. The number of carboxylic acid groups (broad SMARTS) is 3. The molecule has 0 unspecified atom stereocenters. The Kier molecular flexibility index (Phi) is 11.7. The fourth-order valence-electron chi connectivity index (χ4n) is 2.89. The Morgan fingerprint density at radius 1 is 1.00 bits per heavy atom. The maximum absolute atomic E-state index is 13.3. The molecule has 0 spiro atoms. The Labute approximate surface area is 198 Å². The summed E-state index contributed by atoms with van der Waals surface area (Å²) in [5.74, 6) is -6.66. The number of thiophene rings is 1. The molecule has 0 saturated heterocycles. The predicted molar refractivity (Wildman–Crippen MR) is 118 cm³/mol. The van der Waals surface area contributed by atoms with Gasteiger partial charge in [0, 0.05) is 31.1 Å². The maximum Gasteiger partial charge on any atom is 0.336 e. The third kappa shape index (κ3) is 9.91. The van der Waals surface area contributed by atoms with Crippen LogP contribution in [0.3, 0.4) is 0 Å². The van der Waals surface area contributed by atoms with E-state index in [-0.39, 0.29) is 6.61 Å². The normalized spacial score (nSPS) is 11.1. The van der Waals surface area contributed by atoms with Crippen molar-refractivity contribution in [1.82, 2.24) is 4.90 Å². The van der Waals surface area contributed by atoms with E-state index in [2.05, 4.69) is 17.9 Å². The zero-order valence-electron chi connectivity index (χ0n) is 18.4. The minimum absolute atomic E-state index is 0.123. The van der Waals surface area contributed by atoms with E-state index < -0.39 is 48.0 Å². The molecule has 2 rings (SSSR count). The Balaban J connectivity index is 0.000000385. The predicted octanol–water partition coefficient (Wildman–Crippen LogP) is 2.47. The SMILES string of the molecule is Cc1ccsc1CN(CCCO)Cc1ccc(F)c(F)c1.O=C(O)CC(O)(CC(=O)O)C(=O)O. The number of carbonyl (C=O) groups is 3. The second kappa shape index (κ2) is 13.7. The van der Waals surface area contributed by atoms with Crippen molar-refractivity contribution in [3.63, 3.8) is 0 Å². The molecule has 0 fully saturated rings. The van der Waals surface area contributed by atoms with Crippen molar-refractivity contribution in [1.29, 1.82) is 0 Å². The Morgan fingerprint density at radius 2 is 1.62 bits per heavy atom. The number of aliphatic carboxylic acids is 3. The first-order valence-electron chi connectivity index (χ1n) is 10.1. The van der Waals surface area contributed by atoms with Gasteiger partial charge in [0.2, 0.25) is 0 Å². The summed E-state index contributed by atoms with van der Waals surface area (Å²) in [6, 6.07) is 6.07. The number of hydrogen-bond acceptors (Lipinski definition) is 7. The molecule has 5 N–H and O–H groups in total. The molecule has 12 heteroatoms. The van der Waals surface area contributed by atoms with Crippen LogP contribution in [0.5, 0.6) is 0 Å². The third-order valence-electron chi connectivity index (χ3n) is 4.64. The molecule has 9 nitrogen and oxygen atoms in total. The molecule has 0 aliphatic carbocycles. The van der Waals surface area contributed by atoms with Crippen LogP contribution in [-0.4, -0.2) is 67.1 Å². The number of nitrogens with zero attached hydrogens (tertiary/aromatic N) is 1. The van der Waals surface area contributed by atoms with Crippen LogP contribution in [0, 0.1) is 18.6 Å². The maximum atomic E-state index is 13.3. The van der Waals surface area contributed by atoms with Crippen LogP contribution in [0.2, 0.25) is 0 Å². The first kappa shape index (κ1) is 29.1. The monoisotopic (exact) mass is 503 g/mol. The van der Waals surface area contributed by atoms with E-state index in [1.165, 1.54) is 16.5 Å². The van der Waals surface area contributed by atoms with Crippen LogP contribution in [0.1, 0.15) is 35.3 Å². The summed E-state index contributed by atoms with van der Waals surface area (Å²) in [7, 11) is 0. The summed E-state index contributed by atoms with van der Waals surface area (Å²) in [6.45, 7) is 4.19. The van der Waals surface area contributed by atoms with E-state index in [4.69, 9.17) is 25.5 Å². The van der Waals surface area contributed by atoms with Crippen molar-refractivity contribution in [2.75, 3.05) is 13.2 Å². The van der Waals surface area contributed by atoms with E-state index in [1.54, 1.807) is 17.4 Å². The molecule has 2 aromatic rings. The van der Waals surface area contributed by atoms with E-state index >= 15 is 0 Å². The first-order chi connectivity index (χ1) is 15.9. The van der Waals surface area contributed by atoms with Crippen LogP contribution < -0.4 is 0 Å². The van der Waals surface area contributed by atoms with Gasteiger partial charge < -0.3 is 25.5 Å². The highest BCUT2D eigenvalue weighted by Crippen LogP contribution is 2.20. The molecule has 0 radical (unpaired) electrons. The van der Waals surface area contributed by atoms with Gasteiger partial charge in [0.25, 0.3) is 0 Å². The summed E-state index contributed by atoms with van der Waals surface area (Å²) >= 11 is 1.69. The topological polar surface area (TPSA) is 156 Å². The lowest BCUT2D eigenvalue weighted by Crippen LogP contribution is -2.42. The number of carboxylic acids is 3. The van der Waals surface area contributed by atoms with Gasteiger partial charge in [-0.25, -0.2) is 13.6 Å².